The van der Waals surface area contributed by atoms with Gasteiger partial charge in [-0.1, -0.05) is 48.5 Å². The number of hydrogen-bond donors (Lipinski definition) is 3. The van der Waals surface area contributed by atoms with Gasteiger partial charge in [0.1, 0.15) is 0 Å². The molecule has 0 radical (unpaired) electrons. The van der Waals surface area contributed by atoms with Crippen molar-refractivity contribution in [3.8, 4) is 11.1 Å². The first-order chi connectivity index (χ1) is 11.5. The third kappa shape index (κ3) is 3.13. The van der Waals surface area contributed by atoms with Gasteiger partial charge in [0.15, 0.2) is 4.90 Å². The van der Waals surface area contributed by atoms with Crippen LogP contribution in [-0.2, 0) is 10.0 Å². The van der Waals surface area contributed by atoms with Crippen LogP contribution < -0.4 is 16.0 Å². The average Bonchev–Trinajstić information content (AvgIpc) is 2.55. The molecule has 0 aliphatic rings. The second-order valence-corrected chi connectivity index (χ2v) is 6.60. The Morgan fingerprint density at radius 1 is 0.875 bits per heavy atom. The summed E-state index contributed by atoms with van der Waals surface area (Å²) in [6.07, 6.45) is 0.870. The number of H-pyrrole nitrogens is 2. The summed E-state index contributed by atoms with van der Waals surface area (Å²) < 4.78 is 27.3. The van der Waals surface area contributed by atoms with Crippen LogP contribution in [0, 0.1) is 0 Å². The summed E-state index contributed by atoms with van der Waals surface area (Å²) in [5, 5.41) is 0. The van der Waals surface area contributed by atoms with Gasteiger partial charge in [0.05, 0.1) is 5.69 Å². The molecule has 0 aliphatic carbocycles. The van der Waals surface area contributed by atoms with Crippen molar-refractivity contribution in [2.75, 3.05) is 4.72 Å². The summed E-state index contributed by atoms with van der Waals surface area (Å²) in [4.78, 5) is 26.3. The molecule has 0 atom stereocenters. The van der Waals surface area contributed by atoms with Crippen molar-refractivity contribution >= 4 is 15.7 Å². The van der Waals surface area contributed by atoms with E-state index in [0.717, 1.165) is 11.8 Å². The molecular formula is C16H13N3O4S. The molecule has 3 aromatic rings. The van der Waals surface area contributed by atoms with Crippen LogP contribution in [0.3, 0.4) is 0 Å². The fraction of sp³-hybridized carbons (Fsp3) is 0. The van der Waals surface area contributed by atoms with Crippen LogP contribution in [0.5, 0.6) is 0 Å². The number of aromatic nitrogens is 2. The van der Waals surface area contributed by atoms with E-state index >= 15 is 0 Å². The van der Waals surface area contributed by atoms with Gasteiger partial charge in [0, 0.05) is 11.8 Å². The van der Waals surface area contributed by atoms with Gasteiger partial charge in [0.25, 0.3) is 15.6 Å². The Bertz CT molecular complexity index is 1090. The molecule has 7 nitrogen and oxygen atoms in total. The number of para-hydroxylation sites is 1. The van der Waals surface area contributed by atoms with Crippen LogP contribution in [0.25, 0.3) is 11.1 Å². The molecule has 0 saturated heterocycles. The molecule has 2 aromatic carbocycles. The van der Waals surface area contributed by atoms with Gasteiger partial charge in [-0.15, -0.1) is 0 Å². The molecule has 1 aromatic heterocycles. The van der Waals surface area contributed by atoms with E-state index < -0.39 is 26.2 Å². The van der Waals surface area contributed by atoms with Gasteiger partial charge in [-0.25, -0.2) is 13.2 Å². The fourth-order valence-electron chi connectivity index (χ4n) is 2.24. The number of sulfonamides is 1. The van der Waals surface area contributed by atoms with Crippen LogP contribution in [-0.4, -0.2) is 18.4 Å². The minimum Gasteiger partial charge on any atom is -0.313 e. The second-order valence-electron chi connectivity index (χ2n) is 4.95. The maximum atomic E-state index is 12.5. The minimum absolute atomic E-state index is 0.328. The summed E-state index contributed by atoms with van der Waals surface area (Å²) in [5.74, 6) is 0. The molecule has 3 N–H and O–H groups in total. The lowest BCUT2D eigenvalue weighted by Crippen LogP contribution is -2.29. The summed E-state index contributed by atoms with van der Waals surface area (Å²) in [7, 11) is -4.16. The highest BCUT2D eigenvalue weighted by Gasteiger charge is 2.20. The first kappa shape index (κ1) is 15.8. The predicted octanol–water partition coefficient (Wildman–Crippen LogP) is 1.53. The number of rotatable bonds is 4. The molecule has 0 bridgehead atoms. The summed E-state index contributed by atoms with van der Waals surface area (Å²) in [6, 6.07) is 16.1. The lowest BCUT2D eigenvalue weighted by molar-refractivity contribution is 0.599. The van der Waals surface area contributed by atoms with Crippen LogP contribution in [0.2, 0.25) is 0 Å². The van der Waals surface area contributed by atoms with Crippen molar-refractivity contribution in [1.29, 1.82) is 0 Å². The van der Waals surface area contributed by atoms with Crippen LogP contribution in [0.1, 0.15) is 0 Å². The highest BCUT2D eigenvalue weighted by Crippen LogP contribution is 2.28. The van der Waals surface area contributed by atoms with E-state index in [4.69, 9.17) is 0 Å². The topological polar surface area (TPSA) is 112 Å². The van der Waals surface area contributed by atoms with E-state index in [1.165, 1.54) is 0 Å². The quantitative estimate of drug-likeness (QED) is 0.667. The zero-order chi connectivity index (χ0) is 17.2. The average molecular weight is 343 g/mol. The maximum Gasteiger partial charge on any atom is 0.325 e. The summed E-state index contributed by atoms with van der Waals surface area (Å²) >= 11 is 0. The zero-order valence-electron chi connectivity index (χ0n) is 12.3. The fourth-order valence-corrected chi connectivity index (χ4v) is 3.32. The molecule has 122 valence electrons. The van der Waals surface area contributed by atoms with Crippen molar-refractivity contribution in [3.63, 3.8) is 0 Å². The Morgan fingerprint density at radius 2 is 1.54 bits per heavy atom. The Hall–Kier alpha value is -3.13. The highest BCUT2D eigenvalue weighted by atomic mass is 32.2. The predicted molar refractivity (Wildman–Crippen MR) is 90.4 cm³/mol. The Morgan fingerprint density at radius 3 is 2.25 bits per heavy atom. The number of anilines is 1. The van der Waals surface area contributed by atoms with E-state index in [9.17, 15) is 18.0 Å². The van der Waals surface area contributed by atoms with Crippen molar-refractivity contribution in [2.24, 2.45) is 0 Å². The molecule has 0 fully saturated rings. The van der Waals surface area contributed by atoms with Crippen molar-refractivity contribution in [2.45, 2.75) is 4.90 Å². The Kier molecular flexibility index (Phi) is 4.05. The normalized spacial score (nSPS) is 11.2. The van der Waals surface area contributed by atoms with E-state index in [1.54, 1.807) is 24.3 Å². The van der Waals surface area contributed by atoms with Gasteiger partial charge in [-0.05, 0) is 11.6 Å². The standard InChI is InChI=1S/C16H13N3O4S/c20-15-14(10-17-16(21)18-15)24(22,23)19-13-9-5-4-8-12(13)11-6-2-1-3-7-11/h1-10,19H,(H2,17,18,20,21). The third-order valence-corrected chi connectivity index (χ3v) is 4.70. The van der Waals surface area contributed by atoms with Crippen molar-refractivity contribution < 1.29 is 8.42 Å². The highest BCUT2D eigenvalue weighted by molar-refractivity contribution is 7.92. The van der Waals surface area contributed by atoms with E-state index in [2.05, 4.69) is 9.71 Å². The van der Waals surface area contributed by atoms with Crippen LogP contribution in [0.4, 0.5) is 5.69 Å². The molecule has 0 amide bonds. The lowest BCUT2D eigenvalue weighted by atomic mass is 10.0. The van der Waals surface area contributed by atoms with Gasteiger partial charge in [-0.3, -0.25) is 14.5 Å². The molecule has 24 heavy (non-hydrogen) atoms. The molecule has 0 saturated carbocycles. The zero-order valence-corrected chi connectivity index (χ0v) is 13.1. The van der Waals surface area contributed by atoms with E-state index in [-0.39, 0.29) is 0 Å². The minimum atomic E-state index is -4.16. The van der Waals surface area contributed by atoms with Crippen LogP contribution in [0.15, 0.2) is 75.3 Å². The van der Waals surface area contributed by atoms with E-state index in [1.807, 2.05) is 35.3 Å². The van der Waals surface area contributed by atoms with Crippen LogP contribution >= 0.6 is 0 Å². The number of hydrogen-bond acceptors (Lipinski definition) is 4. The van der Waals surface area contributed by atoms with E-state index in [0.29, 0.717) is 11.3 Å². The first-order valence-corrected chi connectivity index (χ1v) is 8.45. The smallest absolute Gasteiger partial charge is 0.313 e. The molecule has 0 aliphatic heterocycles. The second kappa shape index (κ2) is 6.17. The largest absolute Gasteiger partial charge is 0.325 e. The molecule has 3 rings (SSSR count). The molecule has 8 heteroatoms. The van der Waals surface area contributed by atoms with Gasteiger partial charge in [0.2, 0.25) is 0 Å². The first-order valence-electron chi connectivity index (χ1n) is 6.97. The molecule has 0 unspecified atom stereocenters. The van der Waals surface area contributed by atoms with Gasteiger partial charge < -0.3 is 4.98 Å². The Labute approximate surface area is 137 Å². The third-order valence-electron chi connectivity index (χ3n) is 3.33. The number of benzene rings is 2. The maximum absolute atomic E-state index is 12.5. The number of nitrogens with one attached hydrogen (secondary N) is 3. The molecule has 1 heterocycles. The summed E-state index contributed by atoms with van der Waals surface area (Å²) in [6.45, 7) is 0. The SMILES string of the molecule is O=c1[nH]cc(S(=O)(=O)Nc2ccccc2-c2ccccc2)c(=O)[nH]1. The monoisotopic (exact) mass is 343 g/mol. The lowest BCUT2D eigenvalue weighted by Gasteiger charge is -2.12. The van der Waals surface area contributed by atoms with Crippen molar-refractivity contribution in [1.82, 2.24) is 9.97 Å². The summed E-state index contributed by atoms with van der Waals surface area (Å²) in [5.41, 5.74) is 0.0649. The molecular weight excluding hydrogens is 330 g/mol. The van der Waals surface area contributed by atoms with Crippen molar-refractivity contribution in [3.05, 3.63) is 81.6 Å². The van der Waals surface area contributed by atoms with Gasteiger partial charge in [-0.2, -0.15) is 0 Å². The Balaban J connectivity index is 2.06. The van der Waals surface area contributed by atoms with Gasteiger partial charge >= 0.3 is 5.69 Å². The number of aromatic amines is 2. The molecule has 0 spiro atoms.